The van der Waals surface area contributed by atoms with Crippen molar-refractivity contribution >= 4 is 29.3 Å². The maximum atomic E-state index is 13.2. The normalized spacial score (nSPS) is 23.9. The van der Waals surface area contributed by atoms with Crippen LogP contribution in [0.3, 0.4) is 0 Å². The van der Waals surface area contributed by atoms with Crippen LogP contribution in [0.4, 0.5) is 5.69 Å². The summed E-state index contributed by atoms with van der Waals surface area (Å²) in [7, 11) is 3.40. The van der Waals surface area contributed by atoms with Gasteiger partial charge in [0.05, 0.1) is 11.1 Å². The molecular formula is C28H40N4O6. The van der Waals surface area contributed by atoms with E-state index >= 15 is 0 Å². The number of ether oxygens (including phenoxy) is 2. The maximum absolute atomic E-state index is 13.2. The third-order valence-electron chi connectivity index (χ3n) is 8.68. The second kappa shape index (κ2) is 11.5. The van der Waals surface area contributed by atoms with Crippen LogP contribution in [0.1, 0.15) is 67.1 Å². The van der Waals surface area contributed by atoms with Crippen LogP contribution >= 0.6 is 0 Å². The number of fused-ring (bicyclic) bond motifs is 1. The molecule has 10 heteroatoms. The molecule has 0 radical (unpaired) electrons. The predicted octanol–water partition coefficient (Wildman–Crippen LogP) is 2.27. The lowest BCUT2D eigenvalue weighted by atomic mass is 9.91. The molecule has 1 N–H and O–H groups in total. The summed E-state index contributed by atoms with van der Waals surface area (Å²) in [4.78, 5) is 55.8. The van der Waals surface area contributed by atoms with Gasteiger partial charge in [-0.1, -0.05) is 0 Å². The minimum absolute atomic E-state index is 0. The fourth-order valence-corrected chi connectivity index (χ4v) is 6.36. The van der Waals surface area contributed by atoms with Gasteiger partial charge in [-0.05, 0) is 75.2 Å². The van der Waals surface area contributed by atoms with Gasteiger partial charge in [0.15, 0.2) is 6.29 Å². The van der Waals surface area contributed by atoms with Gasteiger partial charge in [0.1, 0.15) is 6.04 Å². The molecule has 0 spiro atoms. The van der Waals surface area contributed by atoms with Crippen LogP contribution in [-0.4, -0.2) is 92.7 Å². The summed E-state index contributed by atoms with van der Waals surface area (Å²) in [5, 5.41) is 2.24. The molecule has 4 heterocycles. The topological polar surface area (TPSA) is 108 Å². The van der Waals surface area contributed by atoms with Crippen molar-refractivity contribution in [2.45, 2.75) is 57.3 Å². The van der Waals surface area contributed by atoms with E-state index in [-0.39, 0.29) is 26.5 Å². The second-order valence-corrected chi connectivity index (χ2v) is 11.0. The Balaban J connectivity index is 0.00000353. The average Bonchev–Trinajstić information content (AvgIpc) is 3.17. The van der Waals surface area contributed by atoms with E-state index in [0.29, 0.717) is 23.0 Å². The SMILES string of the molecule is COC(CC1CCN(CC2CCN(c3ccc4c(c3)C(=O)N(C3CCC(=O)NC3=O)C4=O)CC2)CC1)OC.[HH]. The van der Waals surface area contributed by atoms with E-state index in [0.717, 1.165) is 62.6 Å². The van der Waals surface area contributed by atoms with Crippen molar-refractivity contribution in [3.8, 4) is 0 Å². The number of methoxy groups -OCH3 is 2. The Morgan fingerprint density at radius 3 is 2.21 bits per heavy atom. The monoisotopic (exact) mass is 528 g/mol. The highest BCUT2D eigenvalue weighted by Gasteiger charge is 2.44. The molecule has 0 aromatic heterocycles. The summed E-state index contributed by atoms with van der Waals surface area (Å²) in [5.41, 5.74) is 1.59. The van der Waals surface area contributed by atoms with Crippen molar-refractivity contribution < 1.29 is 30.1 Å². The van der Waals surface area contributed by atoms with Crippen LogP contribution in [0.5, 0.6) is 0 Å². The Kier molecular flexibility index (Phi) is 8.11. The highest BCUT2D eigenvalue weighted by atomic mass is 16.7. The van der Waals surface area contributed by atoms with Crippen LogP contribution in [0, 0.1) is 11.8 Å². The summed E-state index contributed by atoms with van der Waals surface area (Å²) in [6, 6.07) is 4.45. The number of rotatable bonds is 8. The van der Waals surface area contributed by atoms with E-state index in [9.17, 15) is 19.2 Å². The van der Waals surface area contributed by atoms with Gasteiger partial charge in [0.2, 0.25) is 11.8 Å². The smallest absolute Gasteiger partial charge is 0.262 e. The van der Waals surface area contributed by atoms with E-state index in [1.54, 1.807) is 26.4 Å². The first-order valence-corrected chi connectivity index (χ1v) is 13.8. The van der Waals surface area contributed by atoms with Gasteiger partial charge < -0.3 is 19.3 Å². The molecule has 5 rings (SSSR count). The number of carbonyl (C=O) groups excluding carboxylic acids is 4. The maximum Gasteiger partial charge on any atom is 0.262 e. The van der Waals surface area contributed by atoms with E-state index in [4.69, 9.17) is 9.47 Å². The zero-order valence-electron chi connectivity index (χ0n) is 22.3. The van der Waals surface area contributed by atoms with Gasteiger partial charge in [0, 0.05) is 53.8 Å². The standard InChI is InChI=1S/C28H38N4O6.H2/c1-37-25(38-2)15-18-7-11-30(12-8-18)17-19-9-13-31(14-10-19)20-3-4-21-22(16-20)28(36)32(27(21)35)23-5-6-24(33)29-26(23)34;/h3-4,16,18-19,23,25H,5-15,17H2,1-2H3,(H,29,33,34);1H. The number of benzene rings is 1. The number of amides is 4. The lowest BCUT2D eigenvalue weighted by Gasteiger charge is -2.38. The van der Waals surface area contributed by atoms with Crippen LogP contribution in [0.2, 0.25) is 0 Å². The first-order valence-electron chi connectivity index (χ1n) is 13.8. The first kappa shape index (κ1) is 26.8. The summed E-state index contributed by atoms with van der Waals surface area (Å²) >= 11 is 0. The van der Waals surface area contributed by atoms with Crippen LogP contribution in [0.25, 0.3) is 0 Å². The van der Waals surface area contributed by atoms with E-state index in [1.807, 2.05) is 6.07 Å². The summed E-state index contributed by atoms with van der Waals surface area (Å²) in [6.45, 7) is 5.17. The van der Waals surface area contributed by atoms with Gasteiger partial charge in [-0.25, -0.2) is 0 Å². The number of piperidine rings is 3. The van der Waals surface area contributed by atoms with Crippen molar-refractivity contribution in [3.63, 3.8) is 0 Å². The summed E-state index contributed by atoms with van der Waals surface area (Å²) in [6.07, 6.45) is 5.66. The summed E-state index contributed by atoms with van der Waals surface area (Å²) in [5.74, 6) is -0.584. The molecule has 1 atom stereocenters. The van der Waals surface area contributed by atoms with E-state index < -0.39 is 23.8 Å². The van der Waals surface area contributed by atoms with E-state index in [2.05, 4.69) is 15.1 Å². The number of nitrogens with one attached hydrogen (secondary N) is 1. The number of imide groups is 2. The molecule has 3 fully saturated rings. The number of hydrogen-bond acceptors (Lipinski definition) is 8. The number of anilines is 1. The molecule has 3 saturated heterocycles. The molecule has 10 nitrogen and oxygen atoms in total. The molecule has 0 aliphatic carbocycles. The second-order valence-electron chi connectivity index (χ2n) is 11.0. The molecule has 1 aromatic carbocycles. The van der Waals surface area contributed by atoms with Crippen molar-refractivity contribution in [2.75, 3.05) is 51.8 Å². The Bertz CT molecular complexity index is 1080. The molecule has 4 aliphatic rings. The van der Waals surface area contributed by atoms with Crippen LogP contribution in [0.15, 0.2) is 18.2 Å². The van der Waals surface area contributed by atoms with Crippen molar-refractivity contribution in [1.29, 1.82) is 0 Å². The molecule has 208 valence electrons. The molecular weight excluding hydrogens is 488 g/mol. The Labute approximate surface area is 225 Å². The molecule has 4 amide bonds. The fraction of sp³-hybridized carbons (Fsp3) is 0.643. The zero-order chi connectivity index (χ0) is 26.8. The summed E-state index contributed by atoms with van der Waals surface area (Å²) < 4.78 is 10.7. The van der Waals surface area contributed by atoms with E-state index in [1.165, 1.54) is 12.8 Å². The molecule has 4 aliphatic heterocycles. The predicted molar refractivity (Wildman–Crippen MR) is 142 cm³/mol. The van der Waals surface area contributed by atoms with Gasteiger partial charge in [-0.2, -0.15) is 0 Å². The largest absolute Gasteiger partial charge is 0.371 e. The van der Waals surface area contributed by atoms with Crippen LogP contribution in [-0.2, 0) is 19.1 Å². The van der Waals surface area contributed by atoms with Gasteiger partial charge in [-0.15, -0.1) is 0 Å². The first-order chi connectivity index (χ1) is 18.4. The average molecular weight is 529 g/mol. The molecule has 0 bridgehead atoms. The lowest BCUT2D eigenvalue weighted by molar-refractivity contribution is -0.136. The third kappa shape index (κ3) is 5.48. The Morgan fingerprint density at radius 2 is 1.55 bits per heavy atom. The third-order valence-corrected chi connectivity index (χ3v) is 8.68. The number of likely N-dealkylation sites (tertiary alicyclic amines) is 1. The molecule has 1 unspecified atom stereocenters. The number of carbonyl (C=O) groups is 4. The minimum atomic E-state index is -0.939. The van der Waals surface area contributed by atoms with Crippen molar-refractivity contribution in [1.82, 2.24) is 15.1 Å². The van der Waals surface area contributed by atoms with Crippen molar-refractivity contribution in [2.24, 2.45) is 11.8 Å². The number of nitrogens with zero attached hydrogens (tertiary/aromatic N) is 3. The number of hydrogen-bond donors (Lipinski definition) is 1. The Morgan fingerprint density at radius 1 is 0.895 bits per heavy atom. The molecule has 38 heavy (non-hydrogen) atoms. The minimum Gasteiger partial charge on any atom is -0.371 e. The highest BCUT2D eigenvalue weighted by Crippen LogP contribution is 2.33. The lowest BCUT2D eigenvalue weighted by Crippen LogP contribution is -2.54. The van der Waals surface area contributed by atoms with Crippen molar-refractivity contribution in [3.05, 3.63) is 29.3 Å². The zero-order valence-corrected chi connectivity index (χ0v) is 22.3. The Hall–Kier alpha value is -2.82. The fourth-order valence-electron chi connectivity index (χ4n) is 6.36. The van der Waals surface area contributed by atoms with Gasteiger partial charge in [-0.3, -0.25) is 29.4 Å². The highest BCUT2D eigenvalue weighted by molar-refractivity contribution is 6.23. The molecule has 1 aromatic rings. The van der Waals surface area contributed by atoms with Crippen LogP contribution < -0.4 is 10.2 Å². The van der Waals surface area contributed by atoms with Gasteiger partial charge in [0.25, 0.3) is 11.8 Å². The quantitative estimate of drug-likeness (QED) is 0.404. The van der Waals surface area contributed by atoms with Gasteiger partial charge >= 0.3 is 0 Å². The molecule has 0 saturated carbocycles.